The van der Waals surface area contributed by atoms with Crippen molar-refractivity contribution in [3.05, 3.63) is 34.9 Å². The minimum atomic E-state index is -0.0797. The quantitative estimate of drug-likeness (QED) is 0.836. The molecule has 0 bridgehead atoms. The summed E-state index contributed by atoms with van der Waals surface area (Å²) in [6.07, 6.45) is 0. The van der Waals surface area contributed by atoms with Gasteiger partial charge < -0.3 is 5.32 Å². The van der Waals surface area contributed by atoms with E-state index >= 15 is 0 Å². The number of nitrogens with zero attached hydrogens (tertiary/aromatic N) is 1. The molecule has 0 aliphatic carbocycles. The average molecular weight is 269 g/mol. The van der Waals surface area contributed by atoms with Crippen molar-refractivity contribution in [1.29, 1.82) is 5.26 Å². The molecular weight excluding hydrogens is 256 g/mol. The van der Waals surface area contributed by atoms with E-state index in [1.54, 1.807) is 6.07 Å². The van der Waals surface area contributed by atoms with Gasteiger partial charge in [0.05, 0.1) is 23.6 Å². The highest BCUT2D eigenvalue weighted by molar-refractivity contribution is 8.00. The average Bonchev–Trinajstić information content (AvgIpc) is 2.29. The summed E-state index contributed by atoms with van der Waals surface area (Å²) in [5.74, 6) is 0.565. The number of carbonyl (C=O) groups is 1. The number of nitriles is 1. The van der Waals surface area contributed by atoms with E-state index in [0.717, 1.165) is 5.56 Å². The molecule has 1 rings (SSSR count). The number of amides is 1. The third-order valence-electron chi connectivity index (χ3n) is 2.13. The van der Waals surface area contributed by atoms with Gasteiger partial charge in [-0.05, 0) is 24.6 Å². The molecule has 1 aromatic carbocycles. The van der Waals surface area contributed by atoms with Crippen LogP contribution in [0.3, 0.4) is 0 Å². The number of thioether (sulfide) groups is 1. The highest BCUT2D eigenvalue weighted by Crippen LogP contribution is 2.17. The molecule has 17 heavy (non-hydrogen) atoms. The van der Waals surface area contributed by atoms with Crippen LogP contribution in [-0.4, -0.2) is 17.4 Å². The number of rotatable bonds is 5. The second-order valence-electron chi connectivity index (χ2n) is 3.50. The van der Waals surface area contributed by atoms with Crippen LogP contribution in [0.2, 0.25) is 5.02 Å². The number of halogens is 1. The molecular formula is C12H13ClN2OS. The van der Waals surface area contributed by atoms with Gasteiger partial charge in [-0.2, -0.15) is 5.26 Å². The van der Waals surface area contributed by atoms with Gasteiger partial charge in [0.2, 0.25) is 5.91 Å². The normalized spacial score (nSPS) is 11.6. The zero-order chi connectivity index (χ0) is 12.7. The lowest BCUT2D eigenvalue weighted by molar-refractivity contribution is -0.119. The van der Waals surface area contributed by atoms with E-state index in [1.165, 1.54) is 11.8 Å². The Morgan fingerprint density at radius 2 is 2.41 bits per heavy atom. The lowest BCUT2D eigenvalue weighted by Crippen LogP contribution is -2.28. The van der Waals surface area contributed by atoms with Crippen molar-refractivity contribution in [2.45, 2.75) is 13.0 Å². The summed E-state index contributed by atoms with van der Waals surface area (Å²) in [6, 6.07) is 9.29. The van der Waals surface area contributed by atoms with Crippen LogP contribution in [0.15, 0.2) is 24.3 Å². The van der Waals surface area contributed by atoms with Crippen molar-refractivity contribution in [2.24, 2.45) is 0 Å². The molecule has 0 aliphatic rings. The first-order valence-electron chi connectivity index (χ1n) is 5.13. The molecule has 0 aromatic heterocycles. The maximum atomic E-state index is 11.5. The summed E-state index contributed by atoms with van der Waals surface area (Å²) in [5.41, 5.74) is 0.969. The van der Waals surface area contributed by atoms with Gasteiger partial charge in [-0.25, -0.2) is 0 Å². The van der Waals surface area contributed by atoms with Crippen LogP contribution in [0.1, 0.15) is 18.5 Å². The largest absolute Gasteiger partial charge is 0.349 e. The van der Waals surface area contributed by atoms with Crippen molar-refractivity contribution >= 4 is 29.3 Å². The Morgan fingerprint density at radius 3 is 3.06 bits per heavy atom. The summed E-state index contributed by atoms with van der Waals surface area (Å²) < 4.78 is 0. The third kappa shape index (κ3) is 5.12. The zero-order valence-electron chi connectivity index (χ0n) is 9.44. The second kappa shape index (κ2) is 7.21. The van der Waals surface area contributed by atoms with Crippen LogP contribution in [0.5, 0.6) is 0 Å². The van der Waals surface area contributed by atoms with E-state index in [4.69, 9.17) is 16.9 Å². The predicted molar refractivity (Wildman–Crippen MR) is 70.9 cm³/mol. The zero-order valence-corrected chi connectivity index (χ0v) is 11.0. The van der Waals surface area contributed by atoms with E-state index in [9.17, 15) is 4.79 Å². The number of hydrogen-bond acceptors (Lipinski definition) is 3. The minimum absolute atomic E-state index is 0.0716. The Bertz CT molecular complexity index is 431. The highest BCUT2D eigenvalue weighted by Gasteiger charge is 2.09. The van der Waals surface area contributed by atoms with Crippen LogP contribution in [0, 0.1) is 11.3 Å². The van der Waals surface area contributed by atoms with Crippen LogP contribution < -0.4 is 5.32 Å². The SMILES string of the molecule is C[C@@H](NC(=O)CSCC#N)c1cccc(Cl)c1. The van der Waals surface area contributed by atoms with Gasteiger partial charge in [0, 0.05) is 5.02 Å². The van der Waals surface area contributed by atoms with Crippen molar-refractivity contribution in [1.82, 2.24) is 5.32 Å². The molecule has 3 nitrogen and oxygen atoms in total. The number of benzene rings is 1. The summed E-state index contributed by atoms with van der Waals surface area (Å²) in [6.45, 7) is 1.90. The maximum absolute atomic E-state index is 11.5. The monoisotopic (exact) mass is 268 g/mol. The first kappa shape index (κ1) is 13.9. The molecule has 0 unspecified atom stereocenters. The molecule has 1 N–H and O–H groups in total. The van der Waals surface area contributed by atoms with Crippen LogP contribution in [0.4, 0.5) is 0 Å². The van der Waals surface area contributed by atoms with Gasteiger partial charge in [-0.3, -0.25) is 4.79 Å². The van der Waals surface area contributed by atoms with Crippen molar-refractivity contribution in [2.75, 3.05) is 11.5 Å². The lowest BCUT2D eigenvalue weighted by Gasteiger charge is -2.14. The van der Waals surface area contributed by atoms with Gasteiger partial charge in [0.25, 0.3) is 0 Å². The van der Waals surface area contributed by atoms with Crippen molar-refractivity contribution in [3.63, 3.8) is 0 Å². The molecule has 0 aliphatic heterocycles. The van der Waals surface area contributed by atoms with E-state index in [1.807, 2.05) is 31.2 Å². The second-order valence-corrected chi connectivity index (χ2v) is 4.92. The Balaban J connectivity index is 2.46. The molecule has 90 valence electrons. The van der Waals surface area contributed by atoms with Crippen LogP contribution in [0.25, 0.3) is 0 Å². The lowest BCUT2D eigenvalue weighted by atomic mass is 10.1. The van der Waals surface area contributed by atoms with Crippen molar-refractivity contribution in [3.8, 4) is 6.07 Å². The molecule has 0 fully saturated rings. The number of carbonyl (C=O) groups excluding carboxylic acids is 1. The third-order valence-corrected chi connectivity index (χ3v) is 3.16. The van der Waals surface area contributed by atoms with Crippen LogP contribution in [-0.2, 0) is 4.79 Å². The van der Waals surface area contributed by atoms with E-state index in [0.29, 0.717) is 16.5 Å². The molecule has 0 heterocycles. The molecule has 0 spiro atoms. The Hall–Kier alpha value is -1.18. The first-order valence-corrected chi connectivity index (χ1v) is 6.66. The minimum Gasteiger partial charge on any atom is -0.349 e. The first-order chi connectivity index (χ1) is 8.13. The number of nitrogens with one attached hydrogen (secondary N) is 1. The van der Waals surface area contributed by atoms with Gasteiger partial charge in [0.15, 0.2) is 0 Å². The topological polar surface area (TPSA) is 52.9 Å². The fourth-order valence-corrected chi connectivity index (χ4v) is 1.99. The molecule has 1 aromatic rings. The standard InChI is InChI=1S/C12H13ClN2OS/c1-9(10-3-2-4-11(13)7-10)15-12(16)8-17-6-5-14/h2-4,7,9H,6,8H2,1H3,(H,15,16)/t9-/m1/s1. The summed E-state index contributed by atoms with van der Waals surface area (Å²) >= 11 is 7.18. The van der Waals surface area contributed by atoms with Crippen molar-refractivity contribution < 1.29 is 4.79 Å². The van der Waals surface area contributed by atoms with Gasteiger partial charge in [0.1, 0.15) is 0 Å². The van der Waals surface area contributed by atoms with Gasteiger partial charge in [-0.15, -0.1) is 11.8 Å². The molecule has 0 saturated carbocycles. The Morgan fingerprint density at radius 1 is 1.65 bits per heavy atom. The molecule has 5 heteroatoms. The maximum Gasteiger partial charge on any atom is 0.230 e. The fraction of sp³-hybridized carbons (Fsp3) is 0.333. The predicted octanol–water partition coefficient (Wildman–Crippen LogP) is 2.77. The van der Waals surface area contributed by atoms with E-state index in [2.05, 4.69) is 5.32 Å². The summed E-state index contributed by atoms with van der Waals surface area (Å²) in [7, 11) is 0. The Kier molecular flexibility index (Phi) is 5.88. The fourth-order valence-electron chi connectivity index (χ4n) is 1.33. The molecule has 1 amide bonds. The highest BCUT2D eigenvalue weighted by atomic mass is 35.5. The van der Waals surface area contributed by atoms with Gasteiger partial charge in [-0.1, -0.05) is 23.7 Å². The molecule has 0 saturated heterocycles. The summed E-state index contributed by atoms with van der Waals surface area (Å²) in [4.78, 5) is 11.5. The molecule has 0 radical (unpaired) electrons. The summed E-state index contributed by atoms with van der Waals surface area (Å²) in [5, 5.41) is 11.9. The molecule has 1 atom stereocenters. The number of hydrogen-bond donors (Lipinski definition) is 1. The van der Waals surface area contributed by atoms with E-state index in [-0.39, 0.29) is 11.9 Å². The Labute approximate surface area is 110 Å². The van der Waals surface area contributed by atoms with E-state index < -0.39 is 0 Å². The smallest absolute Gasteiger partial charge is 0.230 e. The van der Waals surface area contributed by atoms with Crippen LogP contribution >= 0.6 is 23.4 Å². The van der Waals surface area contributed by atoms with Gasteiger partial charge >= 0.3 is 0 Å².